The van der Waals surface area contributed by atoms with E-state index in [0.717, 1.165) is 15.9 Å². The molecule has 1 N–H and O–H groups in total. The molecule has 0 radical (unpaired) electrons. The Bertz CT molecular complexity index is 1630. The smallest absolute Gasteiger partial charge is 0.332 e. The maximum Gasteiger partial charge on any atom is 0.332 e. The van der Waals surface area contributed by atoms with Crippen molar-refractivity contribution in [1.29, 1.82) is 0 Å². The number of rotatable bonds is 13. The van der Waals surface area contributed by atoms with Crippen molar-refractivity contribution in [3.05, 3.63) is 68.4 Å². The Morgan fingerprint density at radius 2 is 1.85 bits per heavy atom. The maximum absolute atomic E-state index is 14.4. The van der Waals surface area contributed by atoms with E-state index in [9.17, 15) is 18.8 Å². The molecule has 0 aliphatic rings. The van der Waals surface area contributed by atoms with E-state index in [1.807, 2.05) is 0 Å². The molecular formula is C27H33FN6O6S. The largest absolute Gasteiger partial charge is 0.496 e. The van der Waals surface area contributed by atoms with E-state index in [-0.39, 0.29) is 24.6 Å². The van der Waals surface area contributed by atoms with Crippen LogP contribution in [-0.4, -0.2) is 63.5 Å². The van der Waals surface area contributed by atoms with Crippen LogP contribution in [0.2, 0.25) is 0 Å². The third-order valence-electron chi connectivity index (χ3n) is 6.32. The number of hydrogen-bond acceptors (Lipinski definition) is 9. The van der Waals surface area contributed by atoms with Gasteiger partial charge in [-0.2, -0.15) is 10.2 Å². The van der Waals surface area contributed by atoms with Crippen LogP contribution in [-0.2, 0) is 27.4 Å². The first-order chi connectivity index (χ1) is 19.7. The van der Waals surface area contributed by atoms with Crippen LogP contribution in [0, 0.1) is 12.7 Å². The van der Waals surface area contributed by atoms with Crippen LogP contribution < -0.4 is 21.3 Å². The van der Waals surface area contributed by atoms with E-state index < -0.39 is 35.6 Å². The number of aryl methyl sites for hydroxylation is 1. The number of hydrogen-bond donors (Lipinski definition) is 1. The average Bonchev–Trinajstić information content (AvgIpc) is 3.58. The number of methoxy groups -OCH3 is 2. The first-order valence-corrected chi connectivity index (χ1v) is 13.8. The van der Waals surface area contributed by atoms with E-state index in [1.54, 1.807) is 27.9 Å². The molecule has 0 unspecified atom stereocenters. The van der Waals surface area contributed by atoms with E-state index in [0.29, 0.717) is 39.7 Å². The van der Waals surface area contributed by atoms with Gasteiger partial charge in [-0.3, -0.25) is 18.7 Å². The van der Waals surface area contributed by atoms with Gasteiger partial charge in [0.2, 0.25) is 5.91 Å². The number of benzene rings is 1. The molecular weight excluding hydrogens is 555 g/mol. The number of nitrogens with one attached hydrogen (secondary N) is 1. The summed E-state index contributed by atoms with van der Waals surface area (Å²) >= 11 is 1.16. The van der Waals surface area contributed by atoms with Crippen LogP contribution in [0.3, 0.4) is 0 Å². The quantitative estimate of drug-likeness (QED) is 0.236. The summed E-state index contributed by atoms with van der Waals surface area (Å²) < 4.78 is 33.5. The number of halogens is 1. The fourth-order valence-corrected chi connectivity index (χ4v) is 5.72. The molecule has 4 rings (SSSR count). The number of amides is 1. The summed E-state index contributed by atoms with van der Waals surface area (Å²) in [4.78, 5) is 42.0. The van der Waals surface area contributed by atoms with E-state index >= 15 is 0 Å². The van der Waals surface area contributed by atoms with Gasteiger partial charge in [0.25, 0.3) is 5.56 Å². The lowest BCUT2D eigenvalue weighted by atomic mass is 10.1. The van der Waals surface area contributed by atoms with Crippen molar-refractivity contribution in [3.63, 3.8) is 0 Å². The summed E-state index contributed by atoms with van der Waals surface area (Å²) in [7, 11) is 3.04. The van der Waals surface area contributed by atoms with Crippen molar-refractivity contribution >= 4 is 27.5 Å². The van der Waals surface area contributed by atoms with E-state index in [1.165, 1.54) is 47.1 Å². The molecule has 1 amide bonds. The van der Waals surface area contributed by atoms with Gasteiger partial charge in [-0.05, 0) is 45.4 Å². The number of fused-ring (bicyclic) bond motifs is 1. The zero-order chi connectivity index (χ0) is 29.7. The lowest BCUT2D eigenvalue weighted by Gasteiger charge is -2.23. The molecule has 0 aliphatic heterocycles. The second-order valence-electron chi connectivity index (χ2n) is 9.63. The summed E-state index contributed by atoms with van der Waals surface area (Å²) in [6, 6.07) is 3.87. The summed E-state index contributed by atoms with van der Waals surface area (Å²) in [6.45, 7) is 5.43. The molecule has 3 heterocycles. The molecule has 0 fully saturated rings. The minimum Gasteiger partial charge on any atom is -0.496 e. The fourth-order valence-electron chi connectivity index (χ4n) is 4.50. The highest BCUT2D eigenvalue weighted by Crippen LogP contribution is 2.34. The van der Waals surface area contributed by atoms with Gasteiger partial charge in [0.1, 0.15) is 34.0 Å². The molecule has 220 valence electrons. The van der Waals surface area contributed by atoms with Gasteiger partial charge >= 0.3 is 5.69 Å². The minimum absolute atomic E-state index is 0.0971. The summed E-state index contributed by atoms with van der Waals surface area (Å²) in [5, 5.41) is 11.9. The van der Waals surface area contributed by atoms with Gasteiger partial charge in [0, 0.05) is 37.5 Å². The van der Waals surface area contributed by atoms with Crippen molar-refractivity contribution in [2.45, 2.75) is 52.4 Å². The number of thiophene rings is 1. The normalized spacial score (nSPS) is 12.3. The van der Waals surface area contributed by atoms with Gasteiger partial charge < -0.3 is 19.5 Å². The van der Waals surface area contributed by atoms with Crippen molar-refractivity contribution in [1.82, 2.24) is 29.4 Å². The number of carbonyl (C=O) groups excluding carboxylic acids is 1. The Kier molecular flexibility index (Phi) is 9.68. The van der Waals surface area contributed by atoms with Crippen LogP contribution in [0.5, 0.6) is 5.75 Å². The van der Waals surface area contributed by atoms with Crippen molar-refractivity contribution < 1.29 is 23.4 Å². The lowest BCUT2D eigenvalue weighted by molar-refractivity contribution is -0.122. The summed E-state index contributed by atoms with van der Waals surface area (Å²) in [5.41, 5.74) is -0.363. The highest BCUT2D eigenvalue weighted by molar-refractivity contribution is 7.21. The molecule has 1 aromatic carbocycles. The number of aromatic nitrogens is 5. The third-order valence-corrected chi connectivity index (χ3v) is 7.60. The predicted octanol–water partition coefficient (Wildman–Crippen LogP) is 2.58. The van der Waals surface area contributed by atoms with Crippen molar-refractivity contribution in [3.8, 4) is 10.8 Å². The van der Waals surface area contributed by atoms with Gasteiger partial charge in [0.15, 0.2) is 0 Å². The number of carbonyl (C=O) groups is 1. The number of ether oxygens (including phenoxy) is 3. The Morgan fingerprint density at radius 3 is 2.51 bits per heavy atom. The van der Waals surface area contributed by atoms with E-state index in [2.05, 4.69) is 15.5 Å². The van der Waals surface area contributed by atoms with Gasteiger partial charge in [0.05, 0.1) is 31.4 Å². The topological polar surface area (TPSA) is 132 Å². The molecule has 12 nitrogen and oxygen atoms in total. The van der Waals surface area contributed by atoms with Crippen LogP contribution in [0.25, 0.3) is 15.2 Å². The first kappa shape index (κ1) is 30.1. The highest BCUT2D eigenvalue weighted by atomic mass is 32.1. The van der Waals surface area contributed by atoms with Crippen LogP contribution in [0.4, 0.5) is 4.39 Å². The molecule has 0 spiro atoms. The Morgan fingerprint density at radius 1 is 1.12 bits per heavy atom. The predicted molar refractivity (Wildman–Crippen MR) is 151 cm³/mol. The summed E-state index contributed by atoms with van der Waals surface area (Å²) in [5.74, 6) is -0.606. The molecule has 0 bridgehead atoms. The van der Waals surface area contributed by atoms with Gasteiger partial charge in [-0.15, -0.1) is 4.80 Å². The van der Waals surface area contributed by atoms with Crippen LogP contribution in [0.15, 0.2) is 40.2 Å². The molecule has 0 aliphatic carbocycles. The van der Waals surface area contributed by atoms with Crippen molar-refractivity contribution in [2.75, 3.05) is 27.4 Å². The molecule has 4 aromatic rings. The molecule has 0 saturated heterocycles. The molecule has 41 heavy (non-hydrogen) atoms. The second kappa shape index (κ2) is 13.2. The second-order valence-corrected chi connectivity index (χ2v) is 10.6. The van der Waals surface area contributed by atoms with Crippen molar-refractivity contribution in [2.24, 2.45) is 0 Å². The minimum atomic E-state index is -0.845. The molecule has 14 heteroatoms. The molecule has 3 aromatic heterocycles. The molecule has 1 atom stereocenters. The van der Waals surface area contributed by atoms with Gasteiger partial charge in [-0.1, -0.05) is 11.3 Å². The van der Waals surface area contributed by atoms with Crippen LogP contribution >= 0.6 is 11.3 Å². The van der Waals surface area contributed by atoms with E-state index in [4.69, 9.17) is 14.2 Å². The zero-order valence-electron chi connectivity index (χ0n) is 23.5. The highest BCUT2D eigenvalue weighted by Gasteiger charge is 2.26. The Hall–Kier alpha value is -3.88. The monoisotopic (exact) mass is 588 g/mol. The zero-order valence-corrected chi connectivity index (χ0v) is 24.4. The third kappa shape index (κ3) is 6.55. The molecule has 0 saturated carbocycles. The Balaban J connectivity index is 1.92. The lowest BCUT2D eigenvalue weighted by Crippen LogP contribution is -2.45. The Labute approximate surface area is 239 Å². The average molecular weight is 589 g/mol. The summed E-state index contributed by atoms with van der Waals surface area (Å²) in [6.07, 6.45) is 2.72. The fraction of sp³-hybridized carbons (Fsp3) is 0.444. The SMILES string of the molecule is COCCCO[C@@H](Cn1c(=O)n(CC(=O)NC(C)C)c(=O)c2c(C)c(-n3nccn3)sc21)c1cc(F)ccc1OC. The first-order valence-electron chi connectivity index (χ1n) is 13.0. The maximum atomic E-state index is 14.4. The standard InChI is InChI=1S/C27H33FN6O6S/c1-16(2)31-22(35)15-32-24(36)23-17(3)25(34-29-9-10-30-34)41-26(23)33(27(32)37)14-21(40-12-6-11-38-4)19-13-18(28)7-8-20(19)39-5/h7-10,13,16,21H,6,11-12,14-15H2,1-5H3,(H,31,35)/t21-/m0/s1. The van der Waals surface area contributed by atoms with Crippen LogP contribution in [0.1, 0.15) is 37.5 Å². The number of nitrogens with zero attached hydrogens (tertiary/aromatic N) is 5. The van der Waals surface area contributed by atoms with Gasteiger partial charge in [-0.25, -0.2) is 9.18 Å².